The van der Waals surface area contributed by atoms with E-state index in [0.29, 0.717) is 6.61 Å². The maximum Gasteiger partial charge on any atom is 0.303 e. The third kappa shape index (κ3) is 5.67. The van der Waals surface area contributed by atoms with Crippen LogP contribution in [-0.2, 0) is 28.5 Å². The Balaban J connectivity index is 2.62. The van der Waals surface area contributed by atoms with E-state index < -0.39 is 30.4 Å². The van der Waals surface area contributed by atoms with Gasteiger partial charge in [-0.3, -0.25) is 9.59 Å². The third-order valence-electron chi connectivity index (χ3n) is 2.26. The van der Waals surface area contributed by atoms with Gasteiger partial charge in [0.05, 0.1) is 6.61 Å². The number of esters is 2. The average Bonchev–Trinajstić information content (AvgIpc) is 2.35. The standard InChI is InChI=1S/C13H18O6/c1-4-7-16-13-6-5-11(18-10(3)15)12(19-13)8-17-9(2)14/h4-6,11-13H,1,7-8H2,2-3H3/t11-,12-,13?/m1/s1. The molecule has 19 heavy (non-hydrogen) atoms. The first kappa shape index (κ1) is 15.4. The van der Waals surface area contributed by atoms with Crippen molar-refractivity contribution in [1.29, 1.82) is 0 Å². The fourth-order valence-corrected chi connectivity index (χ4v) is 1.52. The molecule has 3 atom stereocenters. The summed E-state index contributed by atoms with van der Waals surface area (Å²) >= 11 is 0. The number of carbonyl (C=O) groups excluding carboxylic acids is 2. The molecule has 1 rings (SSSR count). The van der Waals surface area contributed by atoms with Crippen LogP contribution in [-0.4, -0.2) is 43.7 Å². The van der Waals surface area contributed by atoms with Crippen LogP contribution in [0.25, 0.3) is 0 Å². The minimum absolute atomic E-state index is 0.00836. The van der Waals surface area contributed by atoms with Gasteiger partial charge in [-0.15, -0.1) is 6.58 Å². The van der Waals surface area contributed by atoms with Crippen LogP contribution in [0.15, 0.2) is 24.8 Å². The predicted octanol–water partition coefficient (Wildman–Crippen LogP) is 0.965. The lowest BCUT2D eigenvalue weighted by Crippen LogP contribution is -2.42. The highest BCUT2D eigenvalue weighted by atomic mass is 16.7. The summed E-state index contributed by atoms with van der Waals surface area (Å²) in [5.74, 6) is -0.861. The van der Waals surface area contributed by atoms with Crippen molar-refractivity contribution >= 4 is 11.9 Å². The van der Waals surface area contributed by atoms with Crippen molar-refractivity contribution in [3.05, 3.63) is 24.8 Å². The molecule has 0 spiro atoms. The van der Waals surface area contributed by atoms with Gasteiger partial charge in [-0.05, 0) is 12.2 Å². The van der Waals surface area contributed by atoms with Gasteiger partial charge >= 0.3 is 11.9 Å². The fraction of sp³-hybridized carbons (Fsp3) is 0.538. The van der Waals surface area contributed by atoms with Crippen LogP contribution in [0.1, 0.15) is 13.8 Å². The zero-order valence-corrected chi connectivity index (χ0v) is 11.0. The van der Waals surface area contributed by atoms with E-state index in [9.17, 15) is 9.59 Å². The van der Waals surface area contributed by atoms with Crippen molar-refractivity contribution in [3.8, 4) is 0 Å². The summed E-state index contributed by atoms with van der Waals surface area (Å²) < 4.78 is 20.8. The number of hydrogen-bond acceptors (Lipinski definition) is 6. The normalized spacial score (nSPS) is 25.7. The second-order valence-electron chi connectivity index (χ2n) is 3.93. The van der Waals surface area contributed by atoms with Crippen molar-refractivity contribution in [2.75, 3.05) is 13.2 Å². The lowest BCUT2D eigenvalue weighted by Gasteiger charge is -2.31. The molecule has 1 unspecified atom stereocenters. The van der Waals surface area contributed by atoms with Gasteiger partial charge in [0, 0.05) is 13.8 Å². The van der Waals surface area contributed by atoms with Gasteiger partial charge in [0.1, 0.15) is 18.8 Å². The SMILES string of the molecule is C=CCOC1C=C[C@@H](OC(C)=O)[C@@H](COC(C)=O)O1. The monoisotopic (exact) mass is 270 g/mol. The summed E-state index contributed by atoms with van der Waals surface area (Å²) in [5, 5.41) is 0. The maximum absolute atomic E-state index is 11.0. The summed E-state index contributed by atoms with van der Waals surface area (Å²) in [6.45, 7) is 6.45. The van der Waals surface area contributed by atoms with Crippen LogP contribution in [0.5, 0.6) is 0 Å². The van der Waals surface area contributed by atoms with E-state index >= 15 is 0 Å². The Labute approximate surface area is 112 Å². The second kappa shape index (κ2) is 7.70. The summed E-state index contributed by atoms with van der Waals surface area (Å²) in [6, 6.07) is 0. The molecular formula is C13H18O6. The van der Waals surface area contributed by atoms with Gasteiger partial charge in [0.25, 0.3) is 0 Å². The van der Waals surface area contributed by atoms with Crippen LogP contribution >= 0.6 is 0 Å². The van der Waals surface area contributed by atoms with Crippen molar-refractivity contribution in [2.45, 2.75) is 32.3 Å². The van der Waals surface area contributed by atoms with Gasteiger partial charge in [0.2, 0.25) is 0 Å². The molecule has 0 aliphatic carbocycles. The van der Waals surface area contributed by atoms with E-state index in [1.54, 1.807) is 18.2 Å². The first-order valence-corrected chi connectivity index (χ1v) is 5.89. The third-order valence-corrected chi connectivity index (χ3v) is 2.26. The molecule has 1 heterocycles. The Kier molecular flexibility index (Phi) is 6.24. The molecule has 0 saturated carbocycles. The lowest BCUT2D eigenvalue weighted by molar-refractivity contribution is -0.194. The van der Waals surface area contributed by atoms with E-state index in [0.717, 1.165) is 0 Å². The minimum Gasteiger partial charge on any atom is -0.463 e. The van der Waals surface area contributed by atoms with E-state index in [2.05, 4.69) is 6.58 Å². The Morgan fingerprint density at radius 3 is 2.63 bits per heavy atom. The number of hydrogen-bond donors (Lipinski definition) is 0. The zero-order valence-electron chi connectivity index (χ0n) is 11.0. The van der Waals surface area contributed by atoms with E-state index in [1.165, 1.54) is 13.8 Å². The molecule has 0 aromatic carbocycles. The average molecular weight is 270 g/mol. The molecule has 1 aliphatic rings. The van der Waals surface area contributed by atoms with Crippen LogP contribution < -0.4 is 0 Å². The Morgan fingerprint density at radius 1 is 1.32 bits per heavy atom. The van der Waals surface area contributed by atoms with Crippen LogP contribution in [0.4, 0.5) is 0 Å². The molecular weight excluding hydrogens is 252 g/mol. The first-order valence-electron chi connectivity index (χ1n) is 5.89. The van der Waals surface area contributed by atoms with Gasteiger partial charge in [0.15, 0.2) is 6.29 Å². The molecule has 0 aromatic rings. The molecule has 0 fully saturated rings. The molecule has 0 radical (unpaired) electrons. The summed E-state index contributed by atoms with van der Waals surface area (Å²) in [6.07, 6.45) is 3.13. The van der Waals surface area contributed by atoms with Gasteiger partial charge in [-0.1, -0.05) is 6.08 Å². The van der Waals surface area contributed by atoms with Crippen molar-refractivity contribution < 1.29 is 28.5 Å². The predicted molar refractivity (Wildman–Crippen MR) is 66.1 cm³/mol. The maximum atomic E-state index is 11.0. The van der Waals surface area contributed by atoms with Crippen LogP contribution in [0.3, 0.4) is 0 Å². The quantitative estimate of drug-likeness (QED) is 0.529. The summed E-state index contributed by atoms with van der Waals surface area (Å²) in [4.78, 5) is 21.8. The highest BCUT2D eigenvalue weighted by molar-refractivity contribution is 5.66. The van der Waals surface area contributed by atoms with Crippen molar-refractivity contribution in [3.63, 3.8) is 0 Å². The highest BCUT2D eigenvalue weighted by Gasteiger charge is 2.30. The first-order chi connectivity index (χ1) is 9.02. The van der Waals surface area contributed by atoms with Crippen molar-refractivity contribution in [2.24, 2.45) is 0 Å². The largest absolute Gasteiger partial charge is 0.463 e. The number of rotatable bonds is 6. The van der Waals surface area contributed by atoms with Crippen LogP contribution in [0.2, 0.25) is 0 Å². The summed E-state index contributed by atoms with van der Waals surface area (Å²) in [5.41, 5.74) is 0. The molecule has 0 amide bonds. The van der Waals surface area contributed by atoms with E-state index in [1.807, 2.05) is 0 Å². The molecule has 0 bridgehead atoms. The zero-order chi connectivity index (χ0) is 14.3. The van der Waals surface area contributed by atoms with Crippen LogP contribution in [0, 0.1) is 0 Å². The number of carbonyl (C=O) groups is 2. The van der Waals surface area contributed by atoms with Gasteiger partial charge in [-0.2, -0.15) is 0 Å². The molecule has 0 saturated heterocycles. The molecule has 1 aliphatic heterocycles. The topological polar surface area (TPSA) is 71.1 Å². The molecule has 0 aromatic heterocycles. The van der Waals surface area contributed by atoms with Gasteiger partial charge in [-0.25, -0.2) is 0 Å². The fourth-order valence-electron chi connectivity index (χ4n) is 1.52. The smallest absolute Gasteiger partial charge is 0.303 e. The number of ether oxygens (including phenoxy) is 4. The molecule has 106 valence electrons. The highest BCUT2D eigenvalue weighted by Crippen LogP contribution is 2.17. The molecule has 6 nitrogen and oxygen atoms in total. The summed E-state index contributed by atoms with van der Waals surface area (Å²) in [7, 11) is 0. The van der Waals surface area contributed by atoms with E-state index in [4.69, 9.17) is 18.9 Å². The molecule has 0 N–H and O–H groups in total. The van der Waals surface area contributed by atoms with Crippen molar-refractivity contribution in [1.82, 2.24) is 0 Å². The van der Waals surface area contributed by atoms with Gasteiger partial charge < -0.3 is 18.9 Å². The second-order valence-corrected chi connectivity index (χ2v) is 3.93. The van der Waals surface area contributed by atoms with E-state index in [-0.39, 0.29) is 6.61 Å². The lowest BCUT2D eigenvalue weighted by atomic mass is 10.1. The Morgan fingerprint density at radius 2 is 2.05 bits per heavy atom. The Hall–Kier alpha value is -1.66. The minimum atomic E-state index is -0.597. The molecule has 6 heteroatoms. The Bertz CT molecular complexity index is 362.